The van der Waals surface area contributed by atoms with Gasteiger partial charge in [0.2, 0.25) is 5.91 Å². The largest absolute Gasteiger partial charge is 0.403 e. The van der Waals surface area contributed by atoms with Gasteiger partial charge < -0.3 is 25.1 Å². The minimum atomic E-state index is 0.0161. The first-order valence-corrected chi connectivity index (χ1v) is 14.6. The molecule has 3 aliphatic rings. The number of nitrogens with two attached hydrogens (primary N) is 2. The van der Waals surface area contributed by atoms with Crippen molar-refractivity contribution < 1.29 is 9.59 Å². The van der Waals surface area contributed by atoms with Gasteiger partial charge in [0.05, 0.1) is 24.0 Å². The Morgan fingerprint density at radius 2 is 2.00 bits per heavy atom. The van der Waals surface area contributed by atoms with Gasteiger partial charge in [0.15, 0.2) is 0 Å². The maximum atomic E-state index is 13.6. The van der Waals surface area contributed by atoms with Crippen molar-refractivity contribution in [1.29, 1.82) is 0 Å². The highest BCUT2D eigenvalue weighted by Crippen LogP contribution is 2.38. The summed E-state index contributed by atoms with van der Waals surface area (Å²) in [6, 6.07) is 6.16. The van der Waals surface area contributed by atoms with Crippen molar-refractivity contribution in [2.45, 2.75) is 45.3 Å². The highest BCUT2D eigenvalue weighted by molar-refractivity contribution is 9.10. The first kappa shape index (κ1) is 26.6. The van der Waals surface area contributed by atoms with Crippen molar-refractivity contribution in [3.05, 3.63) is 69.9 Å². The number of hydrogen-bond acceptors (Lipinski definition) is 6. The second-order valence-corrected chi connectivity index (χ2v) is 11.9. The lowest BCUT2D eigenvalue weighted by molar-refractivity contribution is -0.130. The Hall–Kier alpha value is -3.57. The van der Waals surface area contributed by atoms with Crippen LogP contribution in [0.25, 0.3) is 16.5 Å². The van der Waals surface area contributed by atoms with Crippen molar-refractivity contribution in [1.82, 2.24) is 29.2 Å². The van der Waals surface area contributed by atoms with Gasteiger partial charge in [-0.1, -0.05) is 6.08 Å². The molecule has 40 heavy (non-hydrogen) atoms. The van der Waals surface area contributed by atoms with Crippen molar-refractivity contribution >= 4 is 44.2 Å². The molecule has 1 aliphatic carbocycles. The molecule has 11 heteroatoms. The summed E-state index contributed by atoms with van der Waals surface area (Å²) in [4.78, 5) is 30.4. The topological polar surface area (TPSA) is 119 Å². The number of hydrazine groups is 1. The van der Waals surface area contributed by atoms with E-state index in [1.807, 2.05) is 39.9 Å². The van der Waals surface area contributed by atoms with Gasteiger partial charge in [0.1, 0.15) is 0 Å². The maximum absolute atomic E-state index is 13.6. The number of fused-ring (bicyclic) bond motifs is 2. The van der Waals surface area contributed by atoms with Crippen molar-refractivity contribution in [3.8, 4) is 0 Å². The van der Waals surface area contributed by atoms with Gasteiger partial charge >= 0.3 is 0 Å². The molecule has 4 N–H and O–H groups in total. The third kappa shape index (κ3) is 5.15. The summed E-state index contributed by atoms with van der Waals surface area (Å²) in [6.45, 7) is 3.73. The highest BCUT2D eigenvalue weighted by atomic mass is 79.9. The Kier molecular flexibility index (Phi) is 7.18. The fourth-order valence-corrected chi connectivity index (χ4v) is 6.51. The van der Waals surface area contributed by atoms with E-state index in [4.69, 9.17) is 11.6 Å². The number of rotatable bonds is 8. The first-order valence-electron chi connectivity index (χ1n) is 13.8. The summed E-state index contributed by atoms with van der Waals surface area (Å²) in [5, 5.41) is 6.77. The van der Waals surface area contributed by atoms with Crippen molar-refractivity contribution in [3.63, 3.8) is 0 Å². The quantitative estimate of drug-likeness (QED) is 0.300. The number of benzene rings is 1. The summed E-state index contributed by atoms with van der Waals surface area (Å²) < 4.78 is 5.15. The third-order valence-corrected chi connectivity index (χ3v) is 8.77. The molecule has 3 aromatic rings. The summed E-state index contributed by atoms with van der Waals surface area (Å²) in [5.41, 5.74) is 11.6. The van der Waals surface area contributed by atoms with Gasteiger partial charge in [0, 0.05) is 85.3 Å². The molecule has 10 nitrogen and oxygen atoms in total. The lowest BCUT2D eigenvalue weighted by Gasteiger charge is -2.29. The van der Waals surface area contributed by atoms with E-state index in [1.54, 1.807) is 6.20 Å². The normalized spacial score (nSPS) is 17.1. The number of carbonyl (C=O) groups excluding carboxylic acids is 2. The number of hydrogen-bond donors (Lipinski definition) is 2. The molecule has 0 atom stereocenters. The summed E-state index contributed by atoms with van der Waals surface area (Å²) >= 11 is 3.82. The lowest BCUT2D eigenvalue weighted by Crippen LogP contribution is -2.38. The van der Waals surface area contributed by atoms with Crippen LogP contribution in [-0.4, -0.2) is 60.6 Å². The fourth-order valence-electron chi connectivity index (χ4n) is 5.82. The second-order valence-electron chi connectivity index (χ2n) is 11.0. The average molecular weight is 608 g/mol. The molecule has 2 aromatic heterocycles. The van der Waals surface area contributed by atoms with Crippen LogP contribution in [0.5, 0.6) is 0 Å². The molecule has 1 saturated carbocycles. The minimum absolute atomic E-state index is 0.0161. The number of carbonyl (C=O) groups is 2. The van der Waals surface area contributed by atoms with Crippen molar-refractivity contribution in [2.75, 3.05) is 19.6 Å². The molecule has 4 heterocycles. The SMILES string of the molecule is Cn1ncc2c1CN(C(=O)c1cc(Br)c3c(c1)cc(C1=CCCN(C(=O)CCN(N)/C=C\N)C1)n3CC1CC1)C2. The smallest absolute Gasteiger partial charge is 0.254 e. The zero-order valence-corrected chi connectivity index (χ0v) is 24.3. The van der Waals surface area contributed by atoms with Crippen LogP contribution in [-0.2, 0) is 31.5 Å². The van der Waals surface area contributed by atoms with Crippen LogP contribution in [0.1, 0.15) is 53.0 Å². The molecule has 0 spiro atoms. The van der Waals surface area contributed by atoms with Gasteiger partial charge in [-0.3, -0.25) is 14.3 Å². The molecule has 2 aliphatic heterocycles. The molecule has 6 rings (SSSR count). The van der Waals surface area contributed by atoms with E-state index in [9.17, 15) is 9.59 Å². The molecule has 1 aromatic carbocycles. The molecule has 210 valence electrons. The standard InChI is InChI=1S/C29H35BrN8O2/c1-34-26-18-36(17-23(26)14-33-34)29(40)22-11-21-13-25(38(15-19-4-5-19)28(21)24(30)12-22)20-3-2-8-35(16-20)27(39)6-9-37(32)10-7-31/h3,7,10-14,19H,2,4-6,8-9,15-18,31-32H2,1H3/b10-7-. The highest BCUT2D eigenvalue weighted by Gasteiger charge is 2.30. The van der Waals surface area contributed by atoms with Gasteiger partial charge in [-0.05, 0) is 64.9 Å². The predicted molar refractivity (Wildman–Crippen MR) is 157 cm³/mol. The number of aryl methyl sites for hydroxylation is 1. The van der Waals surface area contributed by atoms with Crippen LogP contribution in [0.3, 0.4) is 0 Å². The van der Waals surface area contributed by atoms with Gasteiger partial charge in [0.25, 0.3) is 5.91 Å². The van der Waals surface area contributed by atoms with Crippen LogP contribution >= 0.6 is 15.9 Å². The molecule has 0 bridgehead atoms. The fraction of sp³-hybridized carbons (Fsp3) is 0.414. The van der Waals surface area contributed by atoms with E-state index < -0.39 is 0 Å². The van der Waals surface area contributed by atoms with Crippen molar-refractivity contribution in [2.24, 2.45) is 24.5 Å². The van der Waals surface area contributed by atoms with Crippen LogP contribution in [0.2, 0.25) is 0 Å². The number of aromatic nitrogens is 3. The number of nitrogens with zero attached hydrogens (tertiary/aromatic N) is 6. The maximum Gasteiger partial charge on any atom is 0.254 e. The second kappa shape index (κ2) is 10.8. The van der Waals surface area contributed by atoms with E-state index in [2.05, 4.69) is 37.7 Å². The summed E-state index contributed by atoms with van der Waals surface area (Å²) in [7, 11) is 1.92. The Balaban J connectivity index is 1.27. The Bertz CT molecular complexity index is 1530. The van der Waals surface area contributed by atoms with Gasteiger partial charge in [-0.15, -0.1) is 0 Å². The molecule has 1 fully saturated rings. The van der Waals surface area contributed by atoms with Crippen LogP contribution < -0.4 is 11.6 Å². The molecular weight excluding hydrogens is 572 g/mol. The van der Waals surface area contributed by atoms with E-state index in [-0.39, 0.29) is 11.8 Å². The van der Waals surface area contributed by atoms with E-state index in [1.165, 1.54) is 24.1 Å². The molecule has 2 amide bonds. The Labute approximate surface area is 241 Å². The van der Waals surface area contributed by atoms with E-state index in [0.717, 1.165) is 50.9 Å². The van der Waals surface area contributed by atoms with Crippen LogP contribution in [0.4, 0.5) is 0 Å². The van der Waals surface area contributed by atoms with Crippen LogP contribution in [0.15, 0.2) is 47.3 Å². The summed E-state index contributed by atoms with van der Waals surface area (Å²) in [6.07, 6.45) is 10.6. The minimum Gasteiger partial charge on any atom is -0.403 e. The summed E-state index contributed by atoms with van der Waals surface area (Å²) in [5.74, 6) is 6.60. The zero-order valence-electron chi connectivity index (χ0n) is 22.7. The van der Waals surface area contributed by atoms with E-state index in [0.29, 0.717) is 50.6 Å². The molecular formula is C29H35BrN8O2. The molecule has 0 saturated heterocycles. The zero-order chi connectivity index (χ0) is 28.0. The number of amides is 2. The Morgan fingerprint density at radius 3 is 2.75 bits per heavy atom. The van der Waals surface area contributed by atoms with Crippen LogP contribution in [0, 0.1) is 5.92 Å². The van der Waals surface area contributed by atoms with Gasteiger partial charge in [-0.25, -0.2) is 5.84 Å². The first-order chi connectivity index (χ1) is 19.3. The Morgan fingerprint density at radius 1 is 1.18 bits per heavy atom. The molecule has 0 radical (unpaired) electrons. The third-order valence-electron chi connectivity index (χ3n) is 8.16. The average Bonchev–Trinajstić information content (AvgIpc) is 3.38. The monoisotopic (exact) mass is 606 g/mol. The number of halogens is 1. The lowest BCUT2D eigenvalue weighted by atomic mass is 10.1. The van der Waals surface area contributed by atoms with E-state index >= 15 is 0 Å². The molecule has 0 unspecified atom stereocenters. The predicted octanol–water partition coefficient (Wildman–Crippen LogP) is 3.31. The van der Waals surface area contributed by atoms with Gasteiger partial charge in [-0.2, -0.15) is 5.10 Å².